The van der Waals surface area contributed by atoms with Crippen LogP contribution in [0.25, 0.3) is 55.1 Å². The van der Waals surface area contributed by atoms with Gasteiger partial charge in [0.05, 0.1) is 10.9 Å². The summed E-state index contributed by atoms with van der Waals surface area (Å²) in [5.74, 6) is -0.154. The maximum absolute atomic E-state index is 15.1. The summed E-state index contributed by atoms with van der Waals surface area (Å²) in [7, 11) is 2.10. The molecule has 0 fully saturated rings. The minimum absolute atomic E-state index is 0.154. The highest BCUT2D eigenvalue weighted by Crippen LogP contribution is 2.53. The van der Waals surface area contributed by atoms with Crippen LogP contribution in [0.1, 0.15) is 36.1 Å². The van der Waals surface area contributed by atoms with Gasteiger partial charge in [0.25, 0.3) is 0 Å². The largest absolute Gasteiger partial charge is 0.455 e. The monoisotopic (exact) mass is 472 g/mol. The number of benzene rings is 4. The molecule has 36 heavy (non-hydrogen) atoms. The highest BCUT2D eigenvalue weighted by molar-refractivity contribution is 6.13. The van der Waals surface area contributed by atoms with Gasteiger partial charge in [-0.05, 0) is 71.3 Å². The number of hydrogen-bond donors (Lipinski definition) is 0. The lowest BCUT2D eigenvalue weighted by molar-refractivity contribution is -0.659. The summed E-state index contributed by atoms with van der Waals surface area (Å²) >= 11 is 0. The Kier molecular flexibility index (Phi) is 4.17. The molecule has 7 rings (SSSR count). The van der Waals surface area contributed by atoms with Crippen molar-refractivity contribution >= 4 is 32.7 Å². The standard InChI is InChI=1S/C33H27FNO/c1-18-17-24-20-9-6-7-12-27(20)36-32(24)28(19(18)2)31-22-13-14-23-29-25(10-8-11-26(29)34)33(3,4)30(23)21(22)15-16-35(31)5/h6-17H,1-5H3/q+1. The molecule has 1 aliphatic carbocycles. The Balaban J connectivity index is 1.63. The fourth-order valence-corrected chi connectivity index (χ4v) is 6.47. The van der Waals surface area contributed by atoms with Crippen molar-refractivity contribution in [1.29, 1.82) is 0 Å². The van der Waals surface area contributed by atoms with Gasteiger partial charge in [-0.3, -0.25) is 0 Å². The summed E-state index contributed by atoms with van der Waals surface area (Å²) in [5, 5.41) is 4.58. The number of hydrogen-bond acceptors (Lipinski definition) is 1. The molecule has 0 saturated heterocycles. The molecule has 2 heterocycles. The lowest BCUT2D eigenvalue weighted by atomic mass is 9.80. The molecule has 0 aliphatic heterocycles. The zero-order valence-electron chi connectivity index (χ0n) is 21.2. The van der Waals surface area contributed by atoms with Gasteiger partial charge < -0.3 is 4.42 Å². The van der Waals surface area contributed by atoms with Gasteiger partial charge in [0.15, 0.2) is 6.20 Å². The van der Waals surface area contributed by atoms with E-state index in [1.165, 1.54) is 16.7 Å². The maximum Gasteiger partial charge on any atom is 0.224 e. The lowest BCUT2D eigenvalue weighted by Crippen LogP contribution is -2.31. The molecule has 0 radical (unpaired) electrons. The Morgan fingerprint density at radius 2 is 1.61 bits per heavy atom. The summed E-state index contributed by atoms with van der Waals surface area (Å²) in [6, 6.07) is 22.4. The number of halogens is 1. The Labute approximate surface area is 209 Å². The summed E-state index contributed by atoms with van der Waals surface area (Å²) in [4.78, 5) is 0. The van der Waals surface area contributed by atoms with Crippen molar-refractivity contribution in [1.82, 2.24) is 0 Å². The van der Waals surface area contributed by atoms with Crippen LogP contribution >= 0.6 is 0 Å². The van der Waals surface area contributed by atoms with Crippen molar-refractivity contribution in [2.24, 2.45) is 7.05 Å². The van der Waals surface area contributed by atoms with E-state index >= 15 is 4.39 Å². The van der Waals surface area contributed by atoms with Gasteiger partial charge in [-0.25, -0.2) is 8.96 Å². The van der Waals surface area contributed by atoms with Gasteiger partial charge in [-0.1, -0.05) is 50.2 Å². The predicted octanol–water partition coefficient (Wildman–Crippen LogP) is 8.29. The van der Waals surface area contributed by atoms with Crippen LogP contribution in [0.2, 0.25) is 0 Å². The SMILES string of the molecule is Cc1cc2c(oc3ccccc32)c(-c2c3ccc4c(c3cc[n+]2C)C(C)(C)c2cccc(F)c2-4)c1C. The topological polar surface area (TPSA) is 17.0 Å². The van der Waals surface area contributed by atoms with Gasteiger partial charge in [0.1, 0.15) is 24.0 Å². The van der Waals surface area contributed by atoms with Crippen molar-refractivity contribution in [2.45, 2.75) is 33.1 Å². The number of nitrogens with zero attached hydrogens (tertiary/aromatic N) is 1. The molecule has 3 heteroatoms. The number of pyridine rings is 1. The minimum atomic E-state index is -0.306. The molecule has 0 N–H and O–H groups in total. The summed E-state index contributed by atoms with van der Waals surface area (Å²) < 4.78 is 23.8. The normalized spacial score (nSPS) is 14.1. The molecule has 0 spiro atoms. The fraction of sp³-hybridized carbons (Fsp3) is 0.182. The van der Waals surface area contributed by atoms with Crippen LogP contribution in [0.3, 0.4) is 0 Å². The van der Waals surface area contributed by atoms with Crippen LogP contribution in [0.4, 0.5) is 4.39 Å². The first-order valence-electron chi connectivity index (χ1n) is 12.5. The molecule has 6 aromatic rings. The average Bonchev–Trinajstić information content (AvgIpc) is 3.34. The first-order valence-corrected chi connectivity index (χ1v) is 12.5. The Morgan fingerprint density at radius 3 is 2.44 bits per heavy atom. The van der Waals surface area contributed by atoms with E-state index in [-0.39, 0.29) is 11.2 Å². The predicted molar refractivity (Wildman–Crippen MR) is 145 cm³/mol. The average molecular weight is 473 g/mol. The second-order valence-electron chi connectivity index (χ2n) is 10.7. The van der Waals surface area contributed by atoms with E-state index in [0.717, 1.165) is 60.7 Å². The quantitative estimate of drug-likeness (QED) is 0.220. The van der Waals surface area contributed by atoms with E-state index < -0.39 is 0 Å². The van der Waals surface area contributed by atoms with Crippen LogP contribution in [0.15, 0.2) is 77.3 Å². The number of aryl methyl sites for hydroxylation is 2. The number of aromatic nitrogens is 1. The van der Waals surface area contributed by atoms with Gasteiger partial charge in [0.2, 0.25) is 5.69 Å². The van der Waals surface area contributed by atoms with Gasteiger partial charge >= 0.3 is 0 Å². The number of para-hydroxylation sites is 1. The van der Waals surface area contributed by atoms with Crippen molar-refractivity contribution in [3.63, 3.8) is 0 Å². The molecule has 0 unspecified atom stereocenters. The first kappa shape index (κ1) is 21.3. The Bertz CT molecular complexity index is 1910. The molecule has 2 aromatic heterocycles. The van der Waals surface area contributed by atoms with Gasteiger partial charge in [-0.15, -0.1) is 0 Å². The second-order valence-corrected chi connectivity index (χ2v) is 10.7. The van der Waals surface area contributed by atoms with Crippen molar-refractivity contribution in [3.05, 3.63) is 101 Å². The first-order chi connectivity index (χ1) is 17.3. The third kappa shape index (κ3) is 2.58. The molecule has 176 valence electrons. The molecule has 0 saturated carbocycles. The van der Waals surface area contributed by atoms with E-state index in [2.05, 4.69) is 88.0 Å². The van der Waals surface area contributed by atoms with Crippen LogP contribution in [-0.4, -0.2) is 0 Å². The smallest absolute Gasteiger partial charge is 0.224 e. The van der Waals surface area contributed by atoms with Crippen LogP contribution in [0, 0.1) is 19.7 Å². The third-order valence-electron chi connectivity index (χ3n) is 8.32. The molecule has 1 aliphatic rings. The molecule has 4 aromatic carbocycles. The molecule has 2 nitrogen and oxygen atoms in total. The number of furan rings is 1. The minimum Gasteiger partial charge on any atom is -0.455 e. The maximum atomic E-state index is 15.1. The summed E-state index contributed by atoms with van der Waals surface area (Å²) in [6.45, 7) is 8.77. The Morgan fingerprint density at radius 1 is 0.806 bits per heavy atom. The van der Waals surface area contributed by atoms with E-state index in [1.807, 2.05) is 18.2 Å². The molecular weight excluding hydrogens is 445 g/mol. The zero-order valence-corrected chi connectivity index (χ0v) is 21.2. The van der Waals surface area contributed by atoms with Crippen molar-refractivity contribution < 1.29 is 13.4 Å². The molecule has 0 atom stereocenters. The second kappa shape index (κ2) is 7.04. The van der Waals surface area contributed by atoms with E-state index in [1.54, 1.807) is 6.07 Å². The zero-order chi connectivity index (χ0) is 24.9. The lowest BCUT2D eigenvalue weighted by Gasteiger charge is -2.23. The van der Waals surface area contributed by atoms with Crippen LogP contribution < -0.4 is 4.57 Å². The number of rotatable bonds is 1. The fourth-order valence-electron chi connectivity index (χ4n) is 6.47. The third-order valence-corrected chi connectivity index (χ3v) is 8.32. The van der Waals surface area contributed by atoms with E-state index in [4.69, 9.17) is 4.42 Å². The van der Waals surface area contributed by atoms with Crippen LogP contribution in [-0.2, 0) is 12.5 Å². The Hall–Kier alpha value is -3.98. The molecule has 0 bridgehead atoms. The van der Waals surface area contributed by atoms with Crippen molar-refractivity contribution in [3.8, 4) is 22.4 Å². The van der Waals surface area contributed by atoms with Crippen LogP contribution in [0.5, 0.6) is 0 Å². The van der Waals surface area contributed by atoms with Gasteiger partial charge in [-0.2, -0.15) is 0 Å². The highest BCUT2D eigenvalue weighted by atomic mass is 19.1. The summed E-state index contributed by atoms with van der Waals surface area (Å²) in [5.41, 5.74) is 10.2. The molecule has 0 amide bonds. The number of fused-ring (bicyclic) bond motifs is 8. The molecular formula is C33H27FNO+. The highest BCUT2D eigenvalue weighted by Gasteiger charge is 2.39. The van der Waals surface area contributed by atoms with Gasteiger partial charge in [0, 0.05) is 27.8 Å². The summed E-state index contributed by atoms with van der Waals surface area (Å²) in [6.07, 6.45) is 2.13. The van der Waals surface area contributed by atoms with E-state index in [0.29, 0.717) is 0 Å². The van der Waals surface area contributed by atoms with E-state index in [9.17, 15) is 0 Å². The van der Waals surface area contributed by atoms with Crippen molar-refractivity contribution in [2.75, 3.05) is 0 Å².